The molecule has 0 bridgehead atoms. The Kier molecular flexibility index (Phi) is 7.09. The number of aryl methyl sites for hydroxylation is 1. The van der Waals surface area contributed by atoms with E-state index >= 15 is 0 Å². The standard InChI is InChI=1S/C27H22FN3O2S/c1-18-7-9-19(10-8-18)15-24-26(33)31(22-13-11-21(28)12-14-22)27(34-24)23(16-29)25(32)30-17-20-5-3-2-4-6-20/h2-14,24H,15,17H2,1H3,(H,30,32)/b27-23-/t24-/m0/s1. The number of carbonyl (C=O) groups is 2. The van der Waals surface area contributed by atoms with Gasteiger partial charge in [0.25, 0.3) is 5.91 Å². The molecule has 2 amide bonds. The van der Waals surface area contributed by atoms with E-state index in [0.29, 0.717) is 12.1 Å². The molecule has 34 heavy (non-hydrogen) atoms. The second-order valence-corrected chi connectivity index (χ2v) is 9.10. The van der Waals surface area contributed by atoms with Gasteiger partial charge in [-0.25, -0.2) is 4.39 Å². The zero-order valence-electron chi connectivity index (χ0n) is 18.5. The highest BCUT2D eigenvalue weighted by molar-refractivity contribution is 8.05. The largest absolute Gasteiger partial charge is 0.347 e. The number of carbonyl (C=O) groups excluding carboxylic acids is 2. The van der Waals surface area contributed by atoms with Gasteiger partial charge in [-0.15, -0.1) is 0 Å². The first-order valence-corrected chi connectivity index (χ1v) is 11.6. The molecule has 1 aliphatic heterocycles. The molecule has 5 nitrogen and oxygen atoms in total. The first kappa shape index (κ1) is 23.3. The van der Waals surface area contributed by atoms with Gasteiger partial charge in [0.15, 0.2) is 0 Å². The van der Waals surface area contributed by atoms with E-state index in [9.17, 15) is 19.2 Å². The van der Waals surface area contributed by atoms with Crippen molar-refractivity contribution in [3.05, 3.63) is 112 Å². The van der Waals surface area contributed by atoms with Gasteiger partial charge >= 0.3 is 0 Å². The van der Waals surface area contributed by atoms with Crippen molar-refractivity contribution in [1.82, 2.24) is 5.32 Å². The van der Waals surface area contributed by atoms with Crippen LogP contribution in [-0.4, -0.2) is 17.1 Å². The molecule has 3 aromatic rings. The third kappa shape index (κ3) is 5.19. The molecular formula is C27H22FN3O2S. The number of rotatable bonds is 6. The number of hydrogen-bond donors (Lipinski definition) is 1. The van der Waals surface area contributed by atoms with E-state index in [1.807, 2.05) is 67.6 Å². The van der Waals surface area contributed by atoms with Crippen LogP contribution in [0.25, 0.3) is 0 Å². The second kappa shape index (κ2) is 10.4. The lowest BCUT2D eigenvalue weighted by atomic mass is 10.1. The zero-order chi connectivity index (χ0) is 24.1. The minimum atomic E-state index is -0.565. The normalized spacial score (nSPS) is 16.8. The van der Waals surface area contributed by atoms with E-state index in [1.165, 1.54) is 40.9 Å². The van der Waals surface area contributed by atoms with Crippen LogP contribution in [0.4, 0.5) is 10.1 Å². The highest BCUT2D eigenvalue weighted by Gasteiger charge is 2.40. The lowest BCUT2D eigenvalue weighted by molar-refractivity contribution is -0.117. The molecule has 0 aromatic heterocycles. The Balaban J connectivity index is 1.66. The Morgan fingerprint density at radius 3 is 2.35 bits per heavy atom. The van der Waals surface area contributed by atoms with Crippen molar-refractivity contribution in [1.29, 1.82) is 5.26 Å². The molecule has 0 spiro atoms. The number of thioether (sulfide) groups is 1. The van der Waals surface area contributed by atoms with Crippen molar-refractivity contribution >= 4 is 29.3 Å². The van der Waals surface area contributed by atoms with Crippen LogP contribution in [-0.2, 0) is 22.6 Å². The molecule has 0 aliphatic carbocycles. The molecule has 1 saturated heterocycles. The maximum Gasteiger partial charge on any atom is 0.264 e. The Morgan fingerprint density at radius 2 is 1.71 bits per heavy atom. The Hall–Kier alpha value is -3.89. The van der Waals surface area contributed by atoms with E-state index in [1.54, 1.807) is 0 Å². The summed E-state index contributed by atoms with van der Waals surface area (Å²) in [5.74, 6) is -1.26. The summed E-state index contributed by atoms with van der Waals surface area (Å²) in [5.41, 5.74) is 3.24. The van der Waals surface area contributed by atoms with Crippen LogP contribution in [0.3, 0.4) is 0 Å². The third-order valence-corrected chi connectivity index (χ3v) is 6.69. The van der Waals surface area contributed by atoms with Gasteiger partial charge in [-0.2, -0.15) is 5.26 Å². The van der Waals surface area contributed by atoms with E-state index in [2.05, 4.69) is 5.32 Å². The molecular weight excluding hydrogens is 449 g/mol. The summed E-state index contributed by atoms with van der Waals surface area (Å²) in [6.45, 7) is 2.24. The smallest absolute Gasteiger partial charge is 0.264 e. The number of hydrogen-bond acceptors (Lipinski definition) is 4. The third-order valence-electron chi connectivity index (χ3n) is 5.43. The molecule has 1 aliphatic rings. The van der Waals surface area contributed by atoms with Crippen LogP contribution in [0.15, 0.2) is 89.5 Å². The molecule has 0 saturated carbocycles. The summed E-state index contributed by atoms with van der Waals surface area (Å²) in [5, 5.41) is 12.4. The highest BCUT2D eigenvalue weighted by atomic mass is 32.2. The van der Waals surface area contributed by atoms with Crippen molar-refractivity contribution in [3.8, 4) is 6.07 Å². The van der Waals surface area contributed by atoms with E-state index in [-0.39, 0.29) is 23.1 Å². The minimum Gasteiger partial charge on any atom is -0.347 e. The van der Waals surface area contributed by atoms with Crippen molar-refractivity contribution in [2.24, 2.45) is 0 Å². The fourth-order valence-corrected chi connectivity index (χ4v) is 4.93. The topological polar surface area (TPSA) is 73.2 Å². The molecule has 1 atom stereocenters. The lowest BCUT2D eigenvalue weighted by Crippen LogP contribution is -2.32. The first-order chi connectivity index (χ1) is 16.5. The van der Waals surface area contributed by atoms with Crippen molar-refractivity contribution in [2.45, 2.75) is 25.1 Å². The average Bonchev–Trinajstić information content (AvgIpc) is 3.16. The van der Waals surface area contributed by atoms with Crippen LogP contribution >= 0.6 is 11.8 Å². The monoisotopic (exact) mass is 471 g/mol. The number of anilines is 1. The van der Waals surface area contributed by atoms with Crippen LogP contribution < -0.4 is 10.2 Å². The Bertz CT molecular complexity index is 1270. The second-order valence-electron chi connectivity index (χ2n) is 7.91. The molecule has 0 radical (unpaired) electrons. The number of nitrogens with one attached hydrogen (secondary N) is 1. The van der Waals surface area contributed by atoms with E-state index in [4.69, 9.17) is 0 Å². The van der Waals surface area contributed by atoms with Crippen LogP contribution in [0, 0.1) is 24.1 Å². The zero-order valence-corrected chi connectivity index (χ0v) is 19.3. The lowest BCUT2D eigenvalue weighted by Gasteiger charge is -2.18. The highest BCUT2D eigenvalue weighted by Crippen LogP contribution is 2.42. The summed E-state index contributed by atoms with van der Waals surface area (Å²) in [6, 6.07) is 24.7. The fourth-order valence-electron chi connectivity index (χ4n) is 3.62. The van der Waals surface area contributed by atoms with Gasteiger partial charge in [0.2, 0.25) is 5.91 Å². The SMILES string of the molecule is Cc1ccc(C[C@@H]2S/C(=C(/C#N)C(=O)NCc3ccccc3)N(c3ccc(F)cc3)C2=O)cc1. The van der Waals surface area contributed by atoms with Gasteiger partial charge in [-0.1, -0.05) is 71.9 Å². The summed E-state index contributed by atoms with van der Waals surface area (Å²) < 4.78 is 13.5. The van der Waals surface area contributed by atoms with Gasteiger partial charge < -0.3 is 5.32 Å². The molecule has 4 rings (SSSR count). The number of amides is 2. The molecule has 3 aromatic carbocycles. The molecule has 0 unspecified atom stereocenters. The predicted molar refractivity (Wildman–Crippen MR) is 131 cm³/mol. The summed E-state index contributed by atoms with van der Waals surface area (Å²) in [6.07, 6.45) is 0.440. The van der Waals surface area contributed by atoms with E-state index < -0.39 is 17.0 Å². The van der Waals surface area contributed by atoms with Gasteiger partial charge in [-0.05, 0) is 48.7 Å². The fraction of sp³-hybridized carbons (Fsp3) is 0.148. The van der Waals surface area contributed by atoms with E-state index in [0.717, 1.165) is 16.7 Å². The number of halogens is 1. The maximum atomic E-state index is 13.5. The molecule has 7 heteroatoms. The van der Waals surface area contributed by atoms with Gasteiger partial charge in [0.1, 0.15) is 22.5 Å². The number of nitriles is 1. The van der Waals surface area contributed by atoms with Crippen LogP contribution in [0.1, 0.15) is 16.7 Å². The number of nitrogens with zero attached hydrogens (tertiary/aromatic N) is 2. The van der Waals surface area contributed by atoms with Crippen molar-refractivity contribution < 1.29 is 14.0 Å². The summed E-state index contributed by atoms with van der Waals surface area (Å²) >= 11 is 1.19. The molecule has 1 fully saturated rings. The first-order valence-electron chi connectivity index (χ1n) is 10.7. The average molecular weight is 472 g/mol. The van der Waals surface area contributed by atoms with Crippen molar-refractivity contribution in [3.63, 3.8) is 0 Å². The van der Waals surface area contributed by atoms with Gasteiger partial charge in [0.05, 0.1) is 5.25 Å². The minimum absolute atomic E-state index is 0.148. The quantitative estimate of drug-likeness (QED) is 0.411. The maximum absolute atomic E-state index is 13.5. The van der Waals surface area contributed by atoms with Crippen molar-refractivity contribution in [2.75, 3.05) is 4.90 Å². The predicted octanol–water partition coefficient (Wildman–Crippen LogP) is 4.88. The Morgan fingerprint density at radius 1 is 1.03 bits per heavy atom. The van der Waals surface area contributed by atoms with Gasteiger partial charge in [-0.3, -0.25) is 14.5 Å². The molecule has 170 valence electrons. The molecule has 1 N–H and O–H groups in total. The number of benzene rings is 3. The van der Waals surface area contributed by atoms with Crippen LogP contribution in [0.5, 0.6) is 0 Å². The van der Waals surface area contributed by atoms with Crippen LogP contribution in [0.2, 0.25) is 0 Å². The summed E-state index contributed by atoms with van der Waals surface area (Å²) in [4.78, 5) is 27.8. The Labute approximate surface area is 201 Å². The summed E-state index contributed by atoms with van der Waals surface area (Å²) in [7, 11) is 0. The molecule has 1 heterocycles. The van der Waals surface area contributed by atoms with Gasteiger partial charge in [0, 0.05) is 12.2 Å².